The molecule has 1 fully saturated rings. The fraction of sp³-hybridized carbons (Fsp3) is 0.278. The van der Waals surface area contributed by atoms with E-state index in [-0.39, 0.29) is 11.9 Å². The summed E-state index contributed by atoms with van der Waals surface area (Å²) >= 11 is 1.67. The van der Waals surface area contributed by atoms with Gasteiger partial charge in [0.05, 0.1) is 18.8 Å². The average molecular weight is 338 g/mol. The van der Waals surface area contributed by atoms with E-state index in [9.17, 15) is 4.79 Å². The van der Waals surface area contributed by atoms with Gasteiger partial charge in [-0.05, 0) is 40.8 Å². The zero-order valence-electron chi connectivity index (χ0n) is 13.2. The lowest BCUT2D eigenvalue weighted by Crippen LogP contribution is -2.30. The standard InChI is InChI=1S/C18H18N4OS/c23-18(22-9-4-7-17(22)15-8-10-24-13-15)16-12-21(20-19-16)11-14-5-2-1-3-6-14/h1-3,5-6,8,10,12-13,17H,4,7,9,11H2/t17-/m0/s1. The second-order valence-electron chi connectivity index (χ2n) is 6.00. The van der Waals surface area contributed by atoms with Gasteiger partial charge in [-0.2, -0.15) is 11.3 Å². The zero-order chi connectivity index (χ0) is 16.4. The van der Waals surface area contributed by atoms with E-state index >= 15 is 0 Å². The number of nitrogens with zero attached hydrogens (tertiary/aromatic N) is 4. The molecule has 4 rings (SSSR count). The van der Waals surface area contributed by atoms with Crippen LogP contribution >= 0.6 is 11.3 Å². The minimum absolute atomic E-state index is 0.0250. The molecular weight excluding hydrogens is 320 g/mol. The molecule has 0 spiro atoms. The molecule has 0 N–H and O–H groups in total. The number of hydrogen-bond acceptors (Lipinski definition) is 4. The van der Waals surface area contributed by atoms with Gasteiger partial charge < -0.3 is 4.90 Å². The predicted molar refractivity (Wildman–Crippen MR) is 92.9 cm³/mol. The van der Waals surface area contributed by atoms with Crippen LogP contribution in [0.25, 0.3) is 0 Å². The first-order valence-corrected chi connectivity index (χ1v) is 9.02. The summed E-state index contributed by atoms with van der Waals surface area (Å²) in [5.41, 5.74) is 2.79. The third-order valence-corrected chi connectivity index (χ3v) is 5.09. The van der Waals surface area contributed by atoms with Crippen LogP contribution in [-0.2, 0) is 6.54 Å². The molecule has 0 saturated carbocycles. The number of carbonyl (C=O) groups is 1. The fourth-order valence-corrected chi connectivity index (χ4v) is 3.92. The fourth-order valence-electron chi connectivity index (χ4n) is 3.21. The number of likely N-dealkylation sites (tertiary alicyclic amines) is 1. The summed E-state index contributed by atoms with van der Waals surface area (Å²) in [7, 11) is 0. The quantitative estimate of drug-likeness (QED) is 0.733. The Hall–Kier alpha value is -2.47. The average Bonchev–Trinajstić information content (AvgIpc) is 3.35. The second kappa shape index (κ2) is 6.57. The maximum Gasteiger partial charge on any atom is 0.276 e. The molecule has 1 aromatic carbocycles. The van der Waals surface area contributed by atoms with Crippen LogP contribution in [0.4, 0.5) is 0 Å². The number of amides is 1. The highest BCUT2D eigenvalue weighted by molar-refractivity contribution is 7.08. The third kappa shape index (κ3) is 2.97. The molecule has 0 bridgehead atoms. The van der Waals surface area contributed by atoms with Crippen molar-refractivity contribution in [1.82, 2.24) is 19.9 Å². The number of benzene rings is 1. The Balaban J connectivity index is 1.50. The van der Waals surface area contributed by atoms with Gasteiger partial charge in [-0.3, -0.25) is 4.79 Å². The van der Waals surface area contributed by atoms with Crippen molar-refractivity contribution in [2.45, 2.75) is 25.4 Å². The number of carbonyl (C=O) groups excluding carboxylic acids is 1. The smallest absolute Gasteiger partial charge is 0.276 e. The van der Waals surface area contributed by atoms with E-state index in [0.29, 0.717) is 12.2 Å². The largest absolute Gasteiger partial charge is 0.330 e. The molecule has 5 nitrogen and oxygen atoms in total. The minimum atomic E-state index is -0.0250. The molecule has 3 heterocycles. The number of hydrogen-bond donors (Lipinski definition) is 0. The van der Waals surface area contributed by atoms with Crippen LogP contribution in [-0.4, -0.2) is 32.3 Å². The lowest BCUT2D eigenvalue weighted by molar-refractivity contribution is 0.0730. The van der Waals surface area contributed by atoms with Crippen molar-refractivity contribution in [2.24, 2.45) is 0 Å². The Morgan fingerprint density at radius 3 is 2.92 bits per heavy atom. The zero-order valence-corrected chi connectivity index (χ0v) is 14.0. The maximum absolute atomic E-state index is 12.8. The first-order valence-electron chi connectivity index (χ1n) is 8.08. The number of thiophene rings is 1. The molecule has 24 heavy (non-hydrogen) atoms. The van der Waals surface area contributed by atoms with Crippen molar-refractivity contribution in [3.63, 3.8) is 0 Å². The second-order valence-corrected chi connectivity index (χ2v) is 6.78. The highest BCUT2D eigenvalue weighted by Gasteiger charge is 2.32. The van der Waals surface area contributed by atoms with Crippen molar-refractivity contribution in [3.8, 4) is 0 Å². The van der Waals surface area contributed by atoms with Gasteiger partial charge in [-0.25, -0.2) is 4.68 Å². The molecule has 3 aromatic rings. The van der Waals surface area contributed by atoms with Gasteiger partial charge in [0, 0.05) is 6.54 Å². The highest BCUT2D eigenvalue weighted by atomic mass is 32.1. The van der Waals surface area contributed by atoms with E-state index in [1.54, 1.807) is 22.2 Å². The maximum atomic E-state index is 12.8. The molecule has 2 aromatic heterocycles. The summed E-state index contributed by atoms with van der Waals surface area (Å²) in [5, 5.41) is 12.4. The summed E-state index contributed by atoms with van der Waals surface area (Å²) < 4.78 is 1.72. The van der Waals surface area contributed by atoms with Gasteiger partial charge >= 0.3 is 0 Å². The van der Waals surface area contributed by atoms with E-state index in [1.807, 2.05) is 35.2 Å². The van der Waals surface area contributed by atoms with Crippen molar-refractivity contribution in [2.75, 3.05) is 6.54 Å². The predicted octanol–water partition coefficient (Wildman–Crippen LogP) is 3.37. The first kappa shape index (κ1) is 15.1. The van der Waals surface area contributed by atoms with Crippen LogP contribution in [0.5, 0.6) is 0 Å². The van der Waals surface area contributed by atoms with Crippen molar-refractivity contribution >= 4 is 17.2 Å². The van der Waals surface area contributed by atoms with E-state index in [2.05, 4.69) is 27.1 Å². The molecule has 1 amide bonds. The summed E-state index contributed by atoms with van der Waals surface area (Å²) in [6, 6.07) is 12.3. The van der Waals surface area contributed by atoms with Crippen LogP contribution in [0.3, 0.4) is 0 Å². The Morgan fingerprint density at radius 1 is 1.25 bits per heavy atom. The molecule has 0 unspecified atom stereocenters. The van der Waals surface area contributed by atoms with Gasteiger partial charge in [0.2, 0.25) is 0 Å². The van der Waals surface area contributed by atoms with Crippen LogP contribution in [0.2, 0.25) is 0 Å². The molecule has 122 valence electrons. The summed E-state index contributed by atoms with van der Waals surface area (Å²) in [6.07, 6.45) is 3.80. The number of rotatable bonds is 4. The van der Waals surface area contributed by atoms with Crippen LogP contribution < -0.4 is 0 Å². The SMILES string of the molecule is O=C(c1cn(Cc2ccccc2)nn1)N1CCC[C@H]1c1ccsc1. The van der Waals surface area contributed by atoms with Crippen molar-refractivity contribution in [1.29, 1.82) is 0 Å². The van der Waals surface area contributed by atoms with Gasteiger partial charge in [0.1, 0.15) is 0 Å². The molecule has 0 aliphatic carbocycles. The van der Waals surface area contributed by atoms with E-state index in [1.165, 1.54) is 5.56 Å². The normalized spacial score (nSPS) is 17.3. The number of aromatic nitrogens is 3. The molecule has 1 atom stereocenters. The summed E-state index contributed by atoms with van der Waals surface area (Å²) in [4.78, 5) is 14.8. The van der Waals surface area contributed by atoms with E-state index in [4.69, 9.17) is 0 Å². The van der Waals surface area contributed by atoms with Crippen LogP contribution in [0, 0.1) is 0 Å². The summed E-state index contributed by atoms with van der Waals surface area (Å²) in [5.74, 6) is -0.0250. The Bertz CT molecular complexity index is 813. The van der Waals surface area contributed by atoms with Crippen molar-refractivity contribution < 1.29 is 4.79 Å². The molecule has 6 heteroatoms. The van der Waals surface area contributed by atoms with E-state index < -0.39 is 0 Å². The van der Waals surface area contributed by atoms with Gasteiger partial charge in [0.25, 0.3) is 5.91 Å². The third-order valence-electron chi connectivity index (χ3n) is 4.39. The van der Waals surface area contributed by atoms with Crippen LogP contribution in [0.1, 0.15) is 40.5 Å². The molecule has 1 saturated heterocycles. The van der Waals surface area contributed by atoms with Crippen molar-refractivity contribution in [3.05, 3.63) is 70.2 Å². The first-order chi connectivity index (χ1) is 11.8. The molecule has 1 aliphatic heterocycles. The minimum Gasteiger partial charge on any atom is -0.330 e. The lowest BCUT2D eigenvalue weighted by atomic mass is 10.1. The van der Waals surface area contributed by atoms with Gasteiger partial charge in [-0.1, -0.05) is 35.5 Å². The summed E-state index contributed by atoms with van der Waals surface area (Å²) in [6.45, 7) is 1.40. The topological polar surface area (TPSA) is 51.0 Å². The highest BCUT2D eigenvalue weighted by Crippen LogP contribution is 2.33. The Morgan fingerprint density at radius 2 is 2.12 bits per heavy atom. The Labute approximate surface area is 144 Å². The molecular formula is C18H18N4OS. The molecule has 1 aliphatic rings. The Kier molecular flexibility index (Phi) is 4.13. The molecule has 0 radical (unpaired) electrons. The van der Waals surface area contributed by atoms with Crippen LogP contribution in [0.15, 0.2) is 53.4 Å². The monoisotopic (exact) mass is 338 g/mol. The lowest BCUT2D eigenvalue weighted by Gasteiger charge is -2.23. The van der Waals surface area contributed by atoms with Gasteiger partial charge in [-0.15, -0.1) is 5.10 Å². The van der Waals surface area contributed by atoms with Gasteiger partial charge in [0.15, 0.2) is 5.69 Å². The van der Waals surface area contributed by atoms with E-state index in [0.717, 1.165) is 24.9 Å².